The fourth-order valence-electron chi connectivity index (χ4n) is 3.85. The van der Waals surface area contributed by atoms with E-state index in [1.54, 1.807) is 12.1 Å². The Kier molecular flexibility index (Phi) is 9.37. The summed E-state index contributed by atoms with van der Waals surface area (Å²) in [6.07, 6.45) is 0.833. The van der Waals surface area contributed by atoms with E-state index in [9.17, 15) is 28.5 Å². The Morgan fingerprint density at radius 3 is 2.37 bits per heavy atom. The Hall–Kier alpha value is -3.60. The molecule has 0 saturated heterocycles. The van der Waals surface area contributed by atoms with Gasteiger partial charge in [0, 0.05) is 25.0 Å². The van der Waals surface area contributed by atoms with Crippen molar-refractivity contribution >= 4 is 21.6 Å². The van der Waals surface area contributed by atoms with Crippen molar-refractivity contribution in [2.75, 3.05) is 17.5 Å². The quantitative estimate of drug-likeness (QED) is 0.192. The second-order valence-corrected chi connectivity index (χ2v) is 11.7. The number of anilines is 1. The predicted molar refractivity (Wildman–Crippen MR) is 148 cm³/mol. The van der Waals surface area contributed by atoms with Crippen molar-refractivity contribution in [3.63, 3.8) is 0 Å². The molecule has 0 unspecified atom stereocenters. The first-order valence-corrected chi connectivity index (χ1v) is 14.1. The maximum atomic E-state index is 12.5. The van der Waals surface area contributed by atoms with Gasteiger partial charge in [0.05, 0.1) is 18.0 Å². The summed E-state index contributed by atoms with van der Waals surface area (Å²) in [5, 5.41) is 36.1. The molecule has 0 fully saturated rings. The molecule has 3 aromatic carbocycles. The summed E-state index contributed by atoms with van der Waals surface area (Å²) in [7, 11) is -3.59. The first-order chi connectivity index (χ1) is 17.8. The number of carbonyl (C=O) groups excluding carboxylic acids is 1. The number of amides is 1. The normalized spacial score (nSPS) is 12.6. The van der Waals surface area contributed by atoms with Crippen LogP contribution in [0.4, 0.5) is 5.69 Å². The third-order valence-corrected chi connectivity index (χ3v) is 6.66. The van der Waals surface area contributed by atoms with Crippen LogP contribution in [0.1, 0.15) is 43.9 Å². The van der Waals surface area contributed by atoms with Crippen LogP contribution in [0.25, 0.3) is 11.1 Å². The summed E-state index contributed by atoms with van der Waals surface area (Å²) in [6.45, 7) is 4.42. The van der Waals surface area contributed by atoms with E-state index in [-0.39, 0.29) is 36.1 Å². The van der Waals surface area contributed by atoms with Crippen LogP contribution in [0.5, 0.6) is 11.5 Å². The molecule has 9 nitrogen and oxygen atoms in total. The molecule has 0 heterocycles. The second kappa shape index (κ2) is 12.3. The lowest BCUT2D eigenvalue weighted by atomic mass is 9.97. The number of hydrogen-bond donors (Lipinski definition) is 6. The molecule has 0 aliphatic heterocycles. The van der Waals surface area contributed by atoms with Gasteiger partial charge < -0.3 is 26.0 Å². The average Bonchev–Trinajstić information content (AvgIpc) is 2.86. The minimum Gasteiger partial charge on any atom is -0.508 e. The Balaban J connectivity index is 1.48. The number of hydrogen-bond acceptors (Lipinski definition) is 7. The van der Waals surface area contributed by atoms with E-state index in [1.165, 1.54) is 18.2 Å². The van der Waals surface area contributed by atoms with Gasteiger partial charge in [0.2, 0.25) is 15.9 Å². The monoisotopic (exact) mass is 541 g/mol. The van der Waals surface area contributed by atoms with Crippen molar-refractivity contribution in [2.24, 2.45) is 0 Å². The summed E-state index contributed by atoms with van der Waals surface area (Å²) < 4.78 is 25.2. The molecule has 3 rings (SSSR count). The van der Waals surface area contributed by atoms with Crippen molar-refractivity contribution < 1.29 is 28.5 Å². The number of phenols is 2. The molecule has 1 amide bonds. The van der Waals surface area contributed by atoms with Gasteiger partial charge >= 0.3 is 0 Å². The summed E-state index contributed by atoms with van der Waals surface area (Å²) in [5.41, 5.74) is 2.90. The number of β-amino-alcohol motifs (C(OH)–C–C–N with tert-alkyl or cyclic N) is 1. The smallest absolute Gasteiger partial charge is 0.229 e. The Morgan fingerprint density at radius 1 is 0.974 bits per heavy atom. The van der Waals surface area contributed by atoms with Crippen LogP contribution in [0.15, 0.2) is 66.7 Å². The number of aliphatic hydroxyl groups is 1. The van der Waals surface area contributed by atoms with Gasteiger partial charge in [-0.05, 0) is 72.9 Å². The highest BCUT2D eigenvalue weighted by molar-refractivity contribution is 7.92. The van der Waals surface area contributed by atoms with Crippen molar-refractivity contribution in [3.8, 4) is 22.6 Å². The lowest BCUT2D eigenvalue weighted by Gasteiger charge is -2.28. The van der Waals surface area contributed by atoms with Crippen LogP contribution in [-0.2, 0) is 21.4 Å². The Morgan fingerprint density at radius 2 is 1.68 bits per heavy atom. The first-order valence-electron chi connectivity index (χ1n) is 12.2. The number of aliphatic hydroxyl groups excluding tert-OH is 1. The second-order valence-electron chi connectivity index (χ2n) is 9.96. The van der Waals surface area contributed by atoms with Crippen molar-refractivity contribution in [2.45, 2.75) is 44.9 Å². The number of aromatic hydroxyl groups is 2. The molecule has 1 atom stereocenters. The lowest BCUT2D eigenvalue weighted by molar-refractivity contribution is -0.121. The molecule has 0 aromatic heterocycles. The highest BCUT2D eigenvalue weighted by Crippen LogP contribution is 2.28. The van der Waals surface area contributed by atoms with Crippen LogP contribution in [-0.4, -0.2) is 48.0 Å². The molecule has 0 spiro atoms. The third kappa shape index (κ3) is 9.05. The third-order valence-electron chi connectivity index (χ3n) is 6.07. The first kappa shape index (κ1) is 29.0. The molecule has 0 radical (unpaired) electrons. The standard InChI is InChI=1S/C28H35N3O6S/c1-28(2,30-18-26(34)22-9-12-25(33)24(16-22)31-38(3,36)37)14-13-27(35)29-17-19-5-4-6-21(15-19)20-7-10-23(32)11-8-20/h4-12,15-16,26,30-34H,13-14,17-18H2,1-3H3,(H,29,35)/t26-/m1/s1. The van der Waals surface area contributed by atoms with Crippen LogP contribution in [0, 0.1) is 0 Å². The van der Waals surface area contributed by atoms with Crippen LogP contribution < -0.4 is 15.4 Å². The van der Waals surface area contributed by atoms with E-state index in [0.717, 1.165) is 22.9 Å². The van der Waals surface area contributed by atoms with Gasteiger partial charge in [-0.3, -0.25) is 9.52 Å². The molecule has 10 heteroatoms. The summed E-state index contributed by atoms with van der Waals surface area (Å²) in [5.74, 6) is -0.122. The topological polar surface area (TPSA) is 148 Å². The average molecular weight is 542 g/mol. The minimum absolute atomic E-state index is 0.00594. The summed E-state index contributed by atoms with van der Waals surface area (Å²) in [6, 6.07) is 19.0. The number of carbonyl (C=O) groups is 1. The van der Waals surface area contributed by atoms with Crippen molar-refractivity contribution in [1.29, 1.82) is 0 Å². The number of sulfonamides is 1. The molecule has 0 saturated carbocycles. The highest BCUT2D eigenvalue weighted by Gasteiger charge is 2.21. The molecule has 0 aliphatic rings. The van der Waals surface area contributed by atoms with E-state index >= 15 is 0 Å². The zero-order chi connectivity index (χ0) is 27.9. The number of phenolic OH excluding ortho intramolecular Hbond substituents is 2. The number of rotatable bonds is 12. The summed E-state index contributed by atoms with van der Waals surface area (Å²) in [4.78, 5) is 12.5. The zero-order valence-corrected chi connectivity index (χ0v) is 22.5. The van der Waals surface area contributed by atoms with Crippen LogP contribution in [0.3, 0.4) is 0 Å². The fourth-order valence-corrected chi connectivity index (χ4v) is 4.41. The largest absolute Gasteiger partial charge is 0.508 e. The van der Waals surface area contributed by atoms with E-state index in [0.29, 0.717) is 18.5 Å². The van der Waals surface area contributed by atoms with Gasteiger partial charge in [-0.15, -0.1) is 0 Å². The molecule has 6 N–H and O–H groups in total. The molecule has 3 aromatic rings. The van der Waals surface area contributed by atoms with Gasteiger partial charge in [0.25, 0.3) is 0 Å². The molecule has 0 aliphatic carbocycles. The maximum absolute atomic E-state index is 12.5. The van der Waals surface area contributed by atoms with Crippen LogP contribution >= 0.6 is 0 Å². The van der Waals surface area contributed by atoms with E-state index in [1.807, 2.05) is 50.2 Å². The van der Waals surface area contributed by atoms with Crippen molar-refractivity contribution in [1.82, 2.24) is 10.6 Å². The summed E-state index contributed by atoms with van der Waals surface area (Å²) >= 11 is 0. The minimum atomic E-state index is -3.59. The van der Waals surface area contributed by atoms with Gasteiger partial charge in [-0.1, -0.05) is 36.4 Å². The fraction of sp³-hybridized carbons (Fsp3) is 0.321. The number of nitrogens with one attached hydrogen (secondary N) is 3. The van der Waals surface area contributed by atoms with Gasteiger partial charge in [0.15, 0.2) is 0 Å². The van der Waals surface area contributed by atoms with E-state index in [4.69, 9.17) is 0 Å². The zero-order valence-electron chi connectivity index (χ0n) is 21.7. The molecule has 0 bridgehead atoms. The molecule has 204 valence electrons. The van der Waals surface area contributed by atoms with Gasteiger partial charge in [-0.25, -0.2) is 8.42 Å². The molecular weight excluding hydrogens is 506 g/mol. The number of benzene rings is 3. The highest BCUT2D eigenvalue weighted by atomic mass is 32.2. The van der Waals surface area contributed by atoms with Gasteiger partial charge in [0.1, 0.15) is 11.5 Å². The van der Waals surface area contributed by atoms with Gasteiger partial charge in [-0.2, -0.15) is 0 Å². The molecular formula is C28H35N3O6S. The van der Waals surface area contributed by atoms with E-state index in [2.05, 4.69) is 15.4 Å². The SMILES string of the molecule is CC(C)(CCC(=O)NCc1cccc(-c2ccc(O)cc2)c1)NC[C@@H](O)c1ccc(O)c(NS(C)(=O)=O)c1. The molecule has 38 heavy (non-hydrogen) atoms. The Bertz CT molecular complexity index is 1360. The lowest BCUT2D eigenvalue weighted by Crippen LogP contribution is -2.42. The van der Waals surface area contributed by atoms with Crippen LogP contribution in [0.2, 0.25) is 0 Å². The maximum Gasteiger partial charge on any atom is 0.229 e. The van der Waals surface area contributed by atoms with E-state index < -0.39 is 21.7 Å². The Labute approximate surface area is 223 Å². The predicted octanol–water partition coefficient (Wildman–Crippen LogP) is 3.63. The van der Waals surface area contributed by atoms with Crippen molar-refractivity contribution in [3.05, 3.63) is 77.9 Å².